The van der Waals surface area contributed by atoms with Gasteiger partial charge in [-0.2, -0.15) is 0 Å². The number of para-hydroxylation sites is 1. The molecule has 0 fully saturated rings. The molecule has 0 spiro atoms. The van der Waals surface area contributed by atoms with Crippen LogP contribution in [0.25, 0.3) is 0 Å². The third-order valence-electron chi connectivity index (χ3n) is 2.14. The van der Waals surface area contributed by atoms with Gasteiger partial charge in [0.05, 0.1) is 17.3 Å². The lowest BCUT2D eigenvalue weighted by Gasteiger charge is -2.10. The summed E-state index contributed by atoms with van der Waals surface area (Å²) in [6.07, 6.45) is 0. The number of esters is 1. The lowest BCUT2D eigenvalue weighted by atomic mass is 10.2. The van der Waals surface area contributed by atoms with Crippen LogP contribution in [0, 0.1) is 0 Å². The SMILES string of the molecule is CCOC(=O)C(=Nc1ccccc1Cl)C(N)C(=O)O. The van der Waals surface area contributed by atoms with Gasteiger partial charge in [0.1, 0.15) is 0 Å². The second-order valence-corrected chi connectivity index (χ2v) is 3.89. The maximum absolute atomic E-state index is 11.7. The lowest BCUT2D eigenvalue weighted by Crippen LogP contribution is -2.43. The molecule has 0 aliphatic carbocycles. The minimum absolute atomic E-state index is 0.0900. The Balaban J connectivity index is 3.20. The van der Waals surface area contributed by atoms with Gasteiger partial charge in [-0.3, -0.25) is 4.79 Å². The van der Waals surface area contributed by atoms with E-state index in [2.05, 4.69) is 4.99 Å². The van der Waals surface area contributed by atoms with Crippen molar-refractivity contribution in [2.24, 2.45) is 10.7 Å². The number of carboxylic acid groups (broad SMARTS) is 1. The molecular weight excluding hydrogens is 272 g/mol. The second kappa shape index (κ2) is 6.86. The van der Waals surface area contributed by atoms with Gasteiger partial charge in [-0.1, -0.05) is 23.7 Å². The first-order valence-electron chi connectivity index (χ1n) is 5.46. The molecule has 0 bridgehead atoms. The van der Waals surface area contributed by atoms with Crippen molar-refractivity contribution in [2.75, 3.05) is 6.61 Å². The number of rotatable bonds is 5. The van der Waals surface area contributed by atoms with Crippen molar-refractivity contribution in [2.45, 2.75) is 13.0 Å². The summed E-state index contributed by atoms with van der Waals surface area (Å²) >= 11 is 5.89. The smallest absolute Gasteiger partial charge is 0.354 e. The zero-order valence-electron chi connectivity index (χ0n) is 10.2. The molecule has 1 aromatic rings. The van der Waals surface area contributed by atoms with Crippen LogP contribution >= 0.6 is 11.6 Å². The molecule has 1 unspecified atom stereocenters. The molecule has 6 nitrogen and oxygen atoms in total. The predicted octanol–water partition coefficient (Wildman–Crippen LogP) is 1.39. The zero-order chi connectivity index (χ0) is 14.4. The maximum atomic E-state index is 11.7. The molecule has 19 heavy (non-hydrogen) atoms. The number of hydrogen-bond donors (Lipinski definition) is 2. The third-order valence-corrected chi connectivity index (χ3v) is 2.46. The van der Waals surface area contributed by atoms with Crippen LogP contribution in [0.1, 0.15) is 6.92 Å². The molecule has 1 rings (SSSR count). The van der Waals surface area contributed by atoms with Crippen LogP contribution in [0.5, 0.6) is 0 Å². The number of nitrogens with zero attached hydrogens (tertiary/aromatic N) is 1. The first kappa shape index (κ1) is 15.1. The van der Waals surface area contributed by atoms with Crippen LogP contribution in [0.15, 0.2) is 29.3 Å². The van der Waals surface area contributed by atoms with E-state index in [1.807, 2.05) is 0 Å². The average Bonchev–Trinajstić information content (AvgIpc) is 2.37. The van der Waals surface area contributed by atoms with Crippen molar-refractivity contribution in [3.05, 3.63) is 29.3 Å². The normalized spacial score (nSPS) is 12.9. The zero-order valence-corrected chi connectivity index (χ0v) is 10.9. The molecule has 7 heteroatoms. The minimum Gasteiger partial charge on any atom is -0.480 e. The topological polar surface area (TPSA) is 102 Å². The molecule has 0 aliphatic heterocycles. The quantitative estimate of drug-likeness (QED) is 0.628. The number of aliphatic carboxylic acids is 1. The summed E-state index contributed by atoms with van der Waals surface area (Å²) in [7, 11) is 0. The molecule has 0 radical (unpaired) electrons. The monoisotopic (exact) mass is 284 g/mol. The first-order valence-corrected chi connectivity index (χ1v) is 5.83. The highest BCUT2D eigenvalue weighted by atomic mass is 35.5. The van der Waals surface area contributed by atoms with Gasteiger partial charge in [0, 0.05) is 0 Å². The van der Waals surface area contributed by atoms with E-state index in [1.54, 1.807) is 25.1 Å². The highest BCUT2D eigenvalue weighted by Gasteiger charge is 2.27. The Morgan fingerprint density at radius 3 is 2.63 bits per heavy atom. The first-order chi connectivity index (χ1) is 8.97. The van der Waals surface area contributed by atoms with Crippen LogP contribution in [0.4, 0.5) is 5.69 Å². The highest BCUT2D eigenvalue weighted by Crippen LogP contribution is 2.24. The van der Waals surface area contributed by atoms with Crippen molar-refractivity contribution < 1.29 is 19.4 Å². The Morgan fingerprint density at radius 1 is 1.47 bits per heavy atom. The molecule has 0 saturated carbocycles. The summed E-state index contributed by atoms with van der Waals surface area (Å²) in [4.78, 5) is 26.4. The van der Waals surface area contributed by atoms with Crippen LogP contribution in [-0.2, 0) is 14.3 Å². The molecule has 102 valence electrons. The Labute approximate surface area is 114 Å². The highest BCUT2D eigenvalue weighted by molar-refractivity contribution is 6.43. The van der Waals surface area contributed by atoms with Crippen LogP contribution in [0.3, 0.4) is 0 Å². The van der Waals surface area contributed by atoms with Crippen molar-refractivity contribution in [1.29, 1.82) is 0 Å². The summed E-state index contributed by atoms with van der Waals surface area (Å²) < 4.78 is 4.73. The molecule has 0 aromatic heterocycles. The molecule has 1 atom stereocenters. The van der Waals surface area contributed by atoms with E-state index in [-0.39, 0.29) is 17.3 Å². The predicted molar refractivity (Wildman–Crippen MR) is 70.8 cm³/mol. The Morgan fingerprint density at radius 2 is 2.11 bits per heavy atom. The number of benzene rings is 1. The molecular formula is C12H13ClN2O4. The summed E-state index contributed by atoms with van der Waals surface area (Å²) in [6.45, 7) is 1.68. The molecule has 1 aromatic carbocycles. The standard InChI is InChI=1S/C12H13ClN2O4/c1-2-19-12(18)10(9(14)11(16)17)15-8-6-4-3-5-7(8)13/h3-6,9H,2,14H2,1H3,(H,16,17). The van der Waals surface area contributed by atoms with Gasteiger partial charge in [0.15, 0.2) is 11.8 Å². The molecule has 0 aliphatic rings. The van der Waals surface area contributed by atoms with Gasteiger partial charge in [0.2, 0.25) is 0 Å². The van der Waals surface area contributed by atoms with Gasteiger partial charge >= 0.3 is 11.9 Å². The number of ether oxygens (including phenoxy) is 1. The van der Waals surface area contributed by atoms with Gasteiger partial charge < -0.3 is 15.6 Å². The van der Waals surface area contributed by atoms with Gasteiger partial charge in [-0.05, 0) is 19.1 Å². The van der Waals surface area contributed by atoms with Crippen molar-refractivity contribution in [1.82, 2.24) is 0 Å². The summed E-state index contributed by atoms with van der Waals surface area (Å²) in [5, 5.41) is 9.15. The lowest BCUT2D eigenvalue weighted by molar-refractivity contribution is -0.140. The fourth-order valence-electron chi connectivity index (χ4n) is 1.24. The van der Waals surface area contributed by atoms with Crippen molar-refractivity contribution in [3.8, 4) is 0 Å². The summed E-state index contributed by atoms with van der Waals surface area (Å²) in [5.41, 5.74) is 5.27. The largest absolute Gasteiger partial charge is 0.480 e. The number of hydrogen-bond acceptors (Lipinski definition) is 5. The van der Waals surface area contributed by atoms with E-state index in [0.29, 0.717) is 0 Å². The Hall–Kier alpha value is -1.92. The second-order valence-electron chi connectivity index (χ2n) is 3.48. The molecule has 3 N–H and O–H groups in total. The Kier molecular flexibility index (Phi) is 5.47. The van der Waals surface area contributed by atoms with E-state index in [0.717, 1.165) is 0 Å². The van der Waals surface area contributed by atoms with Gasteiger partial charge in [0.25, 0.3) is 0 Å². The number of carbonyl (C=O) groups is 2. The van der Waals surface area contributed by atoms with Crippen molar-refractivity contribution in [3.63, 3.8) is 0 Å². The average molecular weight is 285 g/mol. The fraction of sp³-hybridized carbons (Fsp3) is 0.250. The molecule has 0 amide bonds. The number of halogens is 1. The number of carbonyl (C=O) groups excluding carboxylic acids is 1. The van der Waals surface area contributed by atoms with E-state index in [1.165, 1.54) is 6.07 Å². The Bertz CT molecular complexity index is 516. The summed E-state index contributed by atoms with van der Waals surface area (Å²) in [6, 6.07) is 4.86. The maximum Gasteiger partial charge on any atom is 0.354 e. The summed E-state index contributed by atoms with van der Waals surface area (Å²) in [5.74, 6) is -2.25. The third kappa shape index (κ3) is 4.04. The molecule has 0 saturated heterocycles. The number of carboxylic acids is 1. The minimum atomic E-state index is -1.57. The van der Waals surface area contributed by atoms with Crippen LogP contribution in [-0.4, -0.2) is 35.4 Å². The number of nitrogens with two attached hydrogens (primary N) is 1. The van der Waals surface area contributed by atoms with E-state index in [4.69, 9.17) is 27.2 Å². The number of aliphatic imine (C=N–C) groups is 1. The van der Waals surface area contributed by atoms with Crippen molar-refractivity contribution >= 4 is 34.9 Å². The van der Waals surface area contributed by atoms with Gasteiger partial charge in [-0.25, -0.2) is 9.79 Å². The molecule has 0 heterocycles. The van der Waals surface area contributed by atoms with E-state index >= 15 is 0 Å². The fourth-order valence-corrected chi connectivity index (χ4v) is 1.41. The van der Waals surface area contributed by atoms with Crippen LogP contribution in [0.2, 0.25) is 5.02 Å². The van der Waals surface area contributed by atoms with Crippen LogP contribution < -0.4 is 5.73 Å². The van der Waals surface area contributed by atoms with Gasteiger partial charge in [-0.15, -0.1) is 0 Å². The van der Waals surface area contributed by atoms with E-state index < -0.39 is 23.7 Å². The van der Waals surface area contributed by atoms with E-state index in [9.17, 15) is 9.59 Å².